The SMILES string of the molecule is Cc1cc2[nH]n(CC(C)(C)O)c2c(C2CC2)c1F. The van der Waals surface area contributed by atoms with Gasteiger partial charge in [0.15, 0.2) is 0 Å². The summed E-state index contributed by atoms with van der Waals surface area (Å²) in [7, 11) is 0. The van der Waals surface area contributed by atoms with Crippen LogP contribution in [-0.2, 0) is 6.54 Å². The van der Waals surface area contributed by atoms with E-state index < -0.39 is 5.60 Å². The van der Waals surface area contributed by atoms with Crippen LogP contribution in [0.25, 0.3) is 11.0 Å². The molecule has 4 heteroatoms. The summed E-state index contributed by atoms with van der Waals surface area (Å²) < 4.78 is 16.1. The van der Waals surface area contributed by atoms with Crippen molar-refractivity contribution in [3.63, 3.8) is 0 Å². The van der Waals surface area contributed by atoms with Gasteiger partial charge < -0.3 is 5.11 Å². The van der Waals surface area contributed by atoms with E-state index in [1.807, 2.05) is 17.7 Å². The third-order valence-electron chi connectivity index (χ3n) is 3.51. The lowest BCUT2D eigenvalue weighted by molar-refractivity contribution is 0.0581. The Morgan fingerprint density at radius 3 is 2.72 bits per heavy atom. The smallest absolute Gasteiger partial charge is 0.131 e. The Morgan fingerprint density at radius 1 is 1.50 bits per heavy atom. The minimum absolute atomic E-state index is 0.0708. The van der Waals surface area contributed by atoms with E-state index in [2.05, 4.69) is 5.10 Å². The van der Waals surface area contributed by atoms with E-state index in [1.165, 1.54) is 0 Å². The lowest BCUT2D eigenvalue weighted by Crippen LogP contribution is -2.30. The molecule has 1 aliphatic carbocycles. The Kier molecular flexibility index (Phi) is 2.36. The molecule has 0 radical (unpaired) electrons. The predicted molar refractivity (Wildman–Crippen MR) is 69.3 cm³/mol. The van der Waals surface area contributed by atoms with Gasteiger partial charge in [-0.05, 0) is 51.2 Å². The molecule has 1 aliphatic rings. The number of aromatic amines is 1. The van der Waals surface area contributed by atoms with Gasteiger partial charge in [-0.3, -0.25) is 9.78 Å². The molecule has 1 aromatic carbocycles. The molecule has 0 unspecified atom stereocenters. The minimum atomic E-state index is -0.799. The fourth-order valence-corrected chi connectivity index (χ4v) is 2.58. The first kappa shape index (κ1) is 11.8. The molecule has 2 aromatic rings. The number of hydrogen-bond acceptors (Lipinski definition) is 1. The highest BCUT2D eigenvalue weighted by Gasteiger charge is 2.32. The fraction of sp³-hybridized carbons (Fsp3) is 0.571. The second-order valence-corrected chi connectivity index (χ2v) is 6.10. The van der Waals surface area contributed by atoms with Crippen LogP contribution in [0.4, 0.5) is 4.39 Å². The zero-order chi connectivity index (χ0) is 13.1. The number of halogens is 1. The van der Waals surface area contributed by atoms with E-state index >= 15 is 0 Å². The van der Waals surface area contributed by atoms with E-state index in [9.17, 15) is 9.50 Å². The lowest BCUT2D eigenvalue weighted by atomic mass is 10.0. The third kappa shape index (κ3) is 1.85. The van der Waals surface area contributed by atoms with Gasteiger partial charge in [-0.15, -0.1) is 0 Å². The van der Waals surface area contributed by atoms with Crippen molar-refractivity contribution in [3.8, 4) is 0 Å². The summed E-state index contributed by atoms with van der Waals surface area (Å²) in [5, 5.41) is 13.0. The summed E-state index contributed by atoms with van der Waals surface area (Å²) in [5.41, 5.74) is 2.68. The predicted octanol–water partition coefficient (Wildman–Crippen LogP) is 3.07. The van der Waals surface area contributed by atoms with Gasteiger partial charge in [-0.1, -0.05) is 0 Å². The molecule has 3 rings (SSSR count). The number of nitrogens with zero attached hydrogens (tertiary/aromatic N) is 1. The maximum atomic E-state index is 14.3. The van der Waals surface area contributed by atoms with E-state index in [0.29, 0.717) is 18.0 Å². The molecule has 2 N–H and O–H groups in total. The van der Waals surface area contributed by atoms with Crippen molar-refractivity contribution in [1.82, 2.24) is 9.78 Å². The third-order valence-corrected chi connectivity index (χ3v) is 3.51. The molecule has 1 aromatic heterocycles. The second kappa shape index (κ2) is 3.60. The fourth-order valence-electron chi connectivity index (χ4n) is 2.58. The van der Waals surface area contributed by atoms with Crippen molar-refractivity contribution in [1.29, 1.82) is 0 Å². The molecule has 0 saturated heterocycles. The molecule has 1 saturated carbocycles. The molecule has 0 aliphatic heterocycles. The number of H-pyrrole nitrogens is 1. The number of aromatic nitrogens is 2. The molecule has 98 valence electrons. The largest absolute Gasteiger partial charge is 0.389 e. The quantitative estimate of drug-likeness (QED) is 0.863. The van der Waals surface area contributed by atoms with Crippen molar-refractivity contribution in [3.05, 3.63) is 23.0 Å². The summed E-state index contributed by atoms with van der Waals surface area (Å²) in [6.45, 7) is 5.78. The van der Waals surface area contributed by atoms with Crippen LogP contribution in [0.1, 0.15) is 43.7 Å². The molecule has 18 heavy (non-hydrogen) atoms. The first-order chi connectivity index (χ1) is 8.37. The summed E-state index contributed by atoms with van der Waals surface area (Å²) >= 11 is 0. The average Bonchev–Trinajstić information content (AvgIpc) is 3.03. The first-order valence-corrected chi connectivity index (χ1v) is 6.46. The number of aliphatic hydroxyl groups is 1. The normalized spacial score (nSPS) is 16.7. The molecule has 3 nitrogen and oxygen atoms in total. The van der Waals surface area contributed by atoms with Crippen LogP contribution in [0, 0.1) is 12.7 Å². The highest BCUT2D eigenvalue weighted by atomic mass is 19.1. The van der Waals surface area contributed by atoms with Gasteiger partial charge in [-0.2, -0.15) is 0 Å². The Morgan fingerprint density at radius 2 is 2.17 bits per heavy atom. The summed E-state index contributed by atoms with van der Waals surface area (Å²) in [5.74, 6) is 0.295. The van der Waals surface area contributed by atoms with Crippen molar-refractivity contribution in [2.45, 2.75) is 51.7 Å². The van der Waals surface area contributed by atoms with Crippen LogP contribution >= 0.6 is 0 Å². The van der Waals surface area contributed by atoms with E-state index in [1.54, 1.807) is 13.8 Å². The molecular weight excluding hydrogens is 231 g/mol. The molecule has 0 amide bonds. The van der Waals surface area contributed by atoms with Gasteiger partial charge in [0.25, 0.3) is 0 Å². The van der Waals surface area contributed by atoms with Crippen molar-refractivity contribution >= 4 is 11.0 Å². The van der Waals surface area contributed by atoms with Crippen molar-refractivity contribution in [2.75, 3.05) is 0 Å². The zero-order valence-electron chi connectivity index (χ0n) is 11.0. The van der Waals surface area contributed by atoms with Crippen LogP contribution in [0.5, 0.6) is 0 Å². The minimum Gasteiger partial charge on any atom is -0.389 e. The highest BCUT2D eigenvalue weighted by molar-refractivity contribution is 5.83. The van der Waals surface area contributed by atoms with Crippen LogP contribution in [0.2, 0.25) is 0 Å². The van der Waals surface area contributed by atoms with Crippen LogP contribution in [0.3, 0.4) is 0 Å². The number of aryl methyl sites for hydroxylation is 1. The van der Waals surface area contributed by atoms with E-state index in [4.69, 9.17) is 0 Å². The van der Waals surface area contributed by atoms with E-state index in [-0.39, 0.29) is 5.82 Å². The van der Waals surface area contributed by atoms with Crippen LogP contribution < -0.4 is 0 Å². The summed E-state index contributed by atoms with van der Waals surface area (Å²) in [6.07, 6.45) is 2.15. The standard InChI is InChI=1S/C14H19FN2O/c1-8-6-10-13(11(12(8)15)9-4-5-9)17(16-10)7-14(2,3)18/h6,9,16,18H,4-5,7H2,1-3H3. The molecule has 1 heterocycles. The Hall–Kier alpha value is -1.29. The van der Waals surface area contributed by atoms with E-state index in [0.717, 1.165) is 29.4 Å². The summed E-state index contributed by atoms with van der Waals surface area (Å²) in [6, 6.07) is 1.84. The number of rotatable bonds is 3. The van der Waals surface area contributed by atoms with Gasteiger partial charge in [0, 0.05) is 5.56 Å². The maximum Gasteiger partial charge on any atom is 0.131 e. The Labute approximate surface area is 106 Å². The zero-order valence-corrected chi connectivity index (χ0v) is 11.0. The molecule has 0 spiro atoms. The number of hydrogen-bond donors (Lipinski definition) is 2. The molecule has 0 bridgehead atoms. The van der Waals surface area contributed by atoms with Crippen molar-refractivity contribution in [2.24, 2.45) is 0 Å². The highest BCUT2D eigenvalue weighted by Crippen LogP contribution is 2.45. The number of fused-ring (bicyclic) bond motifs is 1. The van der Waals surface area contributed by atoms with Gasteiger partial charge in [-0.25, -0.2) is 4.39 Å². The first-order valence-electron chi connectivity index (χ1n) is 6.46. The van der Waals surface area contributed by atoms with Crippen LogP contribution in [-0.4, -0.2) is 20.5 Å². The molecule has 1 fully saturated rings. The molecular formula is C14H19FN2O. The van der Waals surface area contributed by atoms with Gasteiger partial charge >= 0.3 is 0 Å². The Bertz CT molecular complexity index is 599. The topological polar surface area (TPSA) is 41.0 Å². The summed E-state index contributed by atoms with van der Waals surface area (Å²) in [4.78, 5) is 0. The van der Waals surface area contributed by atoms with Gasteiger partial charge in [0.2, 0.25) is 0 Å². The van der Waals surface area contributed by atoms with Crippen LogP contribution in [0.15, 0.2) is 6.07 Å². The van der Waals surface area contributed by atoms with Gasteiger partial charge in [0.1, 0.15) is 5.82 Å². The second-order valence-electron chi connectivity index (χ2n) is 6.10. The number of benzene rings is 1. The van der Waals surface area contributed by atoms with Gasteiger partial charge in [0.05, 0.1) is 23.2 Å². The maximum absolute atomic E-state index is 14.3. The number of nitrogens with one attached hydrogen (secondary N) is 1. The molecule has 0 atom stereocenters. The average molecular weight is 250 g/mol. The Balaban J connectivity index is 2.12. The monoisotopic (exact) mass is 250 g/mol. The van der Waals surface area contributed by atoms with Crippen molar-refractivity contribution < 1.29 is 9.50 Å². The lowest BCUT2D eigenvalue weighted by Gasteiger charge is -2.26.